The molecule has 7 nitrogen and oxygen atoms in total. The van der Waals surface area contributed by atoms with E-state index in [-0.39, 0.29) is 24.1 Å². The van der Waals surface area contributed by atoms with Gasteiger partial charge < -0.3 is 19.7 Å². The van der Waals surface area contributed by atoms with Gasteiger partial charge in [-0.15, -0.1) is 0 Å². The van der Waals surface area contributed by atoms with Crippen LogP contribution in [-0.2, 0) is 9.47 Å². The van der Waals surface area contributed by atoms with E-state index in [9.17, 15) is 14.0 Å². The molecule has 1 N–H and O–H groups in total. The second-order valence-electron chi connectivity index (χ2n) is 5.97. The average molecular weight is 351 g/mol. The number of hydrogen-bond acceptors (Lipinski definition) is 5. The molecule has 8 heteroatoms. The van der Waals surface area contributed by atoms with Crippen LogP contribution in [0.3, 0.4) is 0 Å². The molecule has 2 fully saturated rings. The summed E-state index contributed by atoms with van der Waals surface area (Å²) in [5.74, 6) is -0.976. The Morgan fingerprint density at radius 3 is 2.84 bits per heavy atom. The summed E-state index contributed by atoms with van der Waals surface area (Å²) in [5.41, 5.74) is 0.376. The second kappa shape index (κ2) is 7.79. The monoisotopic (exact) mass is 351 g/mol. The number of halogens is 1. The number of nitrogens with zero attached hydrogens (tertiary/aromatic N) is 2. The number of carbonyl (C=O) groups is 2. The summed E-state index contributed by atoms with van der Waals surface area (Å²) in [6.07, 6.45) is -0.537. The summed E-state index contributed by atoms with van der Waals surface area (Å²) in [7, 11) is 0. The molecule has 2 saturated heterocycles. The van der Waals surface area contributed by atoms with Crippen molar-refractivity contribution in [2.24, 2.45) is 0 Å². The number of carbonyl (C=O) groups excluding carboxylic acids is 2. The molecule has 0 aliphatic carbocycles. The van der Waals surface area contributed by atoms with Crippen molar-refractivity contribution in [1.29, 1.82) is 0 Å². The van der Waals surface area contributed by atoms with Crippen LogP contribution in [0, 0.1) is 5.82 Å². The molecule has 1 atom stereocenters. The zero-order valence-electron chi connectivity index (χ0n) is 14.2. The van der Waals surface area contributed by atoms with Gasteiger partial charge in [-0.3, -0.25) is 9.69 Å². The number of piperazine rings is 1. The fourth-order valence-electron chi connectivity index (χ4n) is 3.02. The summed E-state index contributed by atoms with van der Waals surface area (Å²) in [6.45, 7) is 5.38. The summed E-state index contributed by atoms with van der Waals surface area (Å²) >= 11 is 0. The Balaban J connectivity index is 1.78. The maximum Gasteiger partial charge on any atom is 0.414 e. The van der Waals surface area contributed by atoms with Gasteiger partial charge >= 0.3 is 6.09 Å². The smallest absolute Gasteiger partial charge is 0.414 e. The van der Waals surface area contributed by atoms with Crippen LogP contribution in [0.25, 0.3) is 0 Å². The Bertz CT molecular complexity index is 649. The number of amides is 2. The summed E-state index contributed by atoms with van der Waals surface area (Å²) < 4.78 is 24.9. The highest BCUT2D eigenvalue weighted by atomic mass is 19.1. The number of cyclic esters (lactones) is 1. The quantitative estimate of drug-likeness (QED) is 0.864. The lowest BCUT2D eigenvalue weighted by Crippen LogP contribution is -2.46. The molecule has 0 saturated carbocycles. The van der Waals surface area contributed by atoms with E-state index in [4.69, 9.17) is 9.47 Å². The van der Waals surface area contributed by atoms with Crippen LogP contribution in [0.2, 0.25) is 0 Å². The molecule has 1 aromatic carbocycles. The maximum atomic E-state index is 14.5. The van der Waals surface area contributed by atoms with Gasteiger partial charge in [-0.05, 0) is 25.1 Å². The molecule has 2 amide bonds. The van der Waals surface area contributed by atoms with Gasteiger partial charge in [0.05, 0.1) is 23.9 Å². The molecule has 1 unspecified atom stereocenters. The highest BCUT2D eigenvalue weighted by Crippen LogP contribution is 2.26. The normalized spacial score (nSPS) is 20.7. The molecular weight excluding hydrogens is 329 g/mol. The topological polar surface area (TPSA) is 71.1 Å². The third-order valence-corrected chi connectivity index (χ3v) is 4.34. The third kappa shape index (κ3) is 3.74. The van der Waals surface area contributed by atoms with Crippen LogP contribution in [0.5, 0.6) is 0 Å². The molecule has 0 bridgehead atoms. The van der Waals surface area contributed by atoms with Crippen molar-refractivity contribution in [3.63, 3.8) is 0 Å². The van der Waals surface area contributed by atoms with Crippen molar-refractivity contribution in [3.05, 3.63) is 29.6 Å². The molecule has 3 rings (SSSR count). The van der Waals surface area contributed by atoms with E-state index in [1.807, 2.05) is 6.92 Å². The summed E-state index contributed by atoms with van der Waals surface area (Å²) in [6, 6.07) is 3.91. The van der Waals surface area contributed by atoms with Gasteiger partial charge in [-0.25, -0.2) is 9.18 Å². The highest BCUT2D eigenvalue weighted by Gasteiger charge is 2.35. The van der Waals surface area contributed by atoms with E-state index in [2.05, 4.69) is 5.32 Å². The van der Waals surface area contributed by atoms with Crippen molar-refractivity contribution in [3.8, 4) is 0 Å². The van der Waals surface area contributed by atoms with Crippen molar-refractivity contribution < 1.29 is 23.5 Å². The predicted molar refractivity (Wildman–Crippen MR) is 89.3 cm³/mol. The number of rotatable bonds is 5. The first-order valence-corrected chi connectivity index (χ1v) is 8.45. The molecule has 2 heterocycles. The van der Waals surface area contributed by atoms with Gasteiger partial charge in [0.15, 0.2) is 0 Å². The summed E-state index contributed by atoms with van der Waals surface area (Å²) in [5, 5.41) is 3.15. The Morgan fingerprint density at radius 2 is 2.16 bits per heavy atom. The third-order valence-electron chi connectivity index (χ3n) is 4.34. The van der Waals surface area contributed by atoms with Crippen molar-refractivity contribution in [1.82, 2.24) is 10.2 Å². The maximum absolute atomic E-state index is 14.5. The first kappa shape index (κ1) is 17.6. The van der Waals surface area contributed by atoms with Gasteiger partial charge in [0.1, 0.15) is 12.4 Å². The van der Waals surface area contributed by atoms with E-state index in [1.165, 1.54) is 17.0 Å². The fraction of sp³-hybridized carbons (Fsp3) is 0.529. The molecule has 25 heavy (non-hydrogen) atoms. The predicted octanol–water partition coefficient (Wildman–Crippen LogP) is 1.23. The highest BCUT2D eigenvalue weighted by molar-refractivity contribution is 5.96. The molecule has 0 aromatic heterocycles. The van der Waals surface area contributed by atoms with E-state index in [0.29, 0.717) is 45.1 Å². The zero-order chi connectivity index (χ0) is 17.8. The van der Waals surface area contributed by atoms with Gasteiger partial charge in [-0.2, -0.15) is 0 Å². The SMILES string of the molecule is CCOCC1COC(=O)N1c1ccc(C(=O)N2CCNCC2)c(F)c1. The molecule has 2 aliphatic rings. The lowest BCUT2D eigenvalue weighted by Gasteiger charge is -2.28. The number of hydrogen-bond donors (Lipinski definition) is 1. The number of benzene rings is 1. The van der Waals surface area contributed by atoms with Crippen LogP contribution >= 0.6 is 0 Å². The first-order chi connectivity index (χ1) is 12.1. The fourth-order valence-corrected chi connectivity index (χ4v) is 3.02. The molecular formula is C17H22FN3O4. The summed E-state index contributed by atoms with van der Waals surface area (Å²) in [4.78, 5) is 27.4. The Labute approximate surface area is 145 Å². The van der Waals surface area contributed by atoms with Crippen molar-refractivity contribution in [2.45, 2.75) is 13.0 Å². The molecule has 0 spiro atoms. The van der Waals surface area contributed by atoms with E-state index in [1.54, 1.807) is 11.0 Å². The van der Waals surface area contributed by atoms with E-state index in [0.717, 1.165) is 0 Å². The lowest BCUT2D eigenvalue weighted by molar-refractivity contribution is 0.0731. The van der Waals surface area contributed by atoms with Crippen LogP contribution in [-0.4, -0.2) is 68.9 Å². The average Bonchev–Trinajstić information content (AvgIpc) is 3.00. The van der Waals surface area contributed by atoms with Crippen LogP contribution in [0.15, 0.2) is 18.2 Å². The molecule has 1 aromatic rings. The number of anilines is 1. The van der Waals surface area contributed by atoms with Gasteiger partial charge in [0.2, 0.25) is 0 Å². The van der Waals surface area contributed by atoms with E-state index >= 15 is 0 Å². The van der Waals surface area contributed by atoms with Crippen molar-refractivity contribution in [2.75, 3.05) is 50.9 Å². The van der Waals surface area contributed by atoms with Crippen molar-refractivity contribution >= 4 is 17.7 Å². The number of nitrogens with one attached hydrogen (secondary N) is 1. The Morgan fingerprint density at radius 1 is 1.40 bits per heavy atom. The van der Waals surface area contributed by atoms with E-state index < -0.39 is 11.9 Å². The molecule has 0 radical (unpaired) electrons. The lowest BCUT2D eigenvalue weighted by atomic mass is 10.1. The zero-order valence-corrected chi connectivity index (χ0v) is 14.2. The molecule has 2 aliphatic heterocycles. The van der Waals surface area contributed by atoms with Crippen LogP contribution in [0.4, 0.5) is 14.9 Å². The van der Waals surface area contributed by atoms with Gasteiger partial charge in [-0.1, -0.05) is 0 Å². The minimum atomic E-state index is -0.643. The minimum absolute atomic E-state index is 0.0135. The van der Waals surface area contributed by atoms with Crippen LogP contribution in [0.1, 0.15) is 17.3 Å². The van der Waals surface area contributed by atoms with Crippen LogP contribution < -0.4 is 10.2 Å². The minimum Gasteiger partial charge on any atom is -0.447 e. The number of ether oxygens (including phenoxy) is 2. The van der Waals surface area contributed by atoms with Gasteiger partial charge in [0, 0.05) is 32.8 Å². The Hall–Kier alpha value is -2.19. The van der Waals surface area contributed by atoms with Gasteiger partial charge in [0.25, 0.3) is 5.91 Å². The largest absolute Gasteiger partial charge is 0.447 e. The standard InChI is InChI=1S/C17H22FN3O4/c1-2-24-10-13-11-25-17(23)21(13)12-3-4-14(15(18)9-12)16(22)20-7-5-19-6-8-20/h3-4,9,13,19H,2,5-8,10-11H2,1H3. The first-order valence-electron chi connectivity index (χ1n) is 8.45. The second-order valence-corrected chi connectivity index (χ2v) is 5.97. The molecule has 136 valence electrons. The Kier molecular flexibility index (Phi) is 5.50.